The lowest BCUT2D eigenvalue weighted by molar-refractivity contribution is 0.232. The highest BCUT2D eigenvalue weighted by atomic mass is 32.2. The van der Waals surface area contributed by atoms with E-state index in [2.05, 4.69) is 33.7 Å². The Kier molecular flexibility index (Phi) is 21.0. The number of imidazole rings is 1. The Morgan fingerprint density at radius 3 is 1.67 bits per heavy atom. The molecule has 0 radical (unpaired) electrons. The fourth-order valence-corrected chi connectivity index (χ4v) is 6.06. The lowest BCUT2D eigenvalue weighted by Gasteiger charge is -2.21. The fourth-order valence-electron chi connectivity index (χ4n) is 5.54. The monoisotopic (exact) mass is 604 g/mol. The Morgan fingerprint density at radius 2 is 1.24 bits per heavy atom. The standard InChI is InChI=1S/C27H55NO.C7H9N5S/c1-3-5-7-9-11-13-15-17-19-21-23-28(25-27-26-29-27)24-22-20-18-16-14-12-10-8-6-4-2;1-12-3-9-4-5(12)10-7(8)11-6(4)13-2/h27H,3-26H2,1-2H3;3H,1-2H3,(H2,8,10,11). The largest absolute Gasteiger partial charge is 0.372 e. The van der Waals surface area contributed by atoms with Gasteiger partial charge in [-0.3, -0.25) is 0 Å². The van der Waals surface area contributed by atoms with Gasteiger partial charge in [-0.1, -0.05) is 129 Å². The van der Waals surface area contributed by atoms with Crippen LogP contribution < -0.4 is 5.73 Å². The second-order valence-electron chi connectivity index (χ2n) is 12.2. The molecule has 2 N–H and O–H groups in total. The van der Waals surface area contributed by atoms with Gasteiger partial charge in [0, 0.05) is 13.6 Å². The lowest BCUT2D eigenvalue weighted by atomic mass is 10.1. The number of hydrogen-bond donors (Lipinski definition) is 1. The molecular formula is C34H64N6OS. The molecule has 3 rings (SSSR count). The van der Waals surface area contributed by atoms with E-state index in [1.54, 1.807) is 6.33 Å². The van der Waals surface area contributed by atoms with Crippen molar-refractivity contribution in [2.24, 2.45) is 7.05 Å². The van der Waals surface area contributed by atoms with Crippen molar-refractivity contribution >= 4 is 28.9 Å². The summed E-state index contributed by atoms with van der Waals surface area (Å²) in [4.78, 5) is 15.1. The van der Waals surface area contributed by atoms with Crippen molar-refractivity contribution in [3.63, 3.8) is 0 Å². The maximum atomic E-state index is 5.55. The van der Waals surface area contributed by atoms with Crippen molar-refractivity contribution in [3.8, 4) is 0 Å². The highest BCUT2D eigenvalue weighted by Crippen LogP contribution is 2.22. The smallest absolute Gasteiger partial charge is 0.223 e. The number of rotatable bonds is 25. The molecule has 0 spiro atoms. The minimum atomic E-state index is 0.292. The maximum Gasteiger partial charge on any atom is 0.223 e. The minimum absolute atomic E-state index is 0.292. The van der Waals surface area contributed by atoms with Crippen molar-refractivity contribution in [3.05, 3.63) is 6.33 Å². The average Bonchev–Trinajstić information content (AvgIpc) is 3.74. The van der Waals surface area contributed by atoms with Gasteiger partial charge in [-0.05, 0) is 32.2 Å². The molecule has 0 bridgehead atoms. The van der Waals surface area contributed by atoms with Crippen LogP contribution in [0.4, 0.5) is 5.95 Å². The van der Waals surface area contributed by atoms with Gasteiger partial charge in [-0.15, -0.1) is 11.8 Å². The van der Waals surface area contributed by atoms with Gasteiger partial charge in [0.2, 0.25) is 5.95 Å². The zero-order valence-corrected chi connectivity index (χ0v) is 28.6. The number of aryl methyl sites for hydroxylation is 1. The molecule has 0 aromatic carbocycles. The molecule has 1 fully saturated rings. The van der Waals surface area contributed by atoms with E-state index in [0.29, 0.717) is 12.1 Å². The molecule has 7 nitrogen and oxygen atoms in total. The van der Waals surface area contributed by atoms with Crippen molar-refractivity contribution < 1.29 is 4.74 Å². The molecule has 1 atom stereocenters. The molecule has 1 saturated heterocycles. The third-order valence-electron chi connectivity index (χ3n) is 8.26. The number of hydrogen-bond acceptors (Lipinski definition) is 7. The lowest BCUT2D eigenvalue weighted by Crippen LogP contribution is -2.30. The van der Waals surface area contributed by atoms with Crippen molar-refractivity contribution in [2.75, 3.05) is 38.2 Å². The summed E-state index contributed by atoms with van der Waals surface area (Å²) in [6, 6.07) is 0. The second kappa shape index (κ2) is 24.0. The molecular weight excluding hydrogens is 540 g/mol. The van der Waals surface area contributed by atoms with Gasteiger partial charge in [0.25, 0.3) is 0 Å². The SMILES string of the molecule is CCCCCCCCCCCCN(CCCCCCCCCCCC)CC1CO1.CSc1nc(N)nc2c1ncn2C. The highest BCUT2D eigenvalue weighted by molar-refractivity contribution is 7.98. The van der Waals surface area contributed by atoms with E-state index in [9.17, 15) is 0 Å². The molecule has 0 aliphatic carbocycles. The predicted molar refractivity (Wildman–Crippen MR) is 182 cm³/mol. The number of fused-ring (bicyclic) bond motifs is 1. The Balaban J connectivity index is 0.000000389. The summed E-state index contributed by atoms with van der Waals surface area (Å²) >= 11 is 1.52. The third kappa shape index (κ3) is 17.0. The number of nitrogens with two attached hydrogens (primary N) is 1. The van der Waals surface area contributed by atoms with Crippen LogP contribution in [0.2, 0.25) is 0 Å². The van der Waals surface area contributed by atoms with E-state index in [-0.39, 0.29) is 0 Å². The average molecular weight is 605 g/mol. The molecule has 2 aromatic heterocycles. The van der Waals surface area contributed by atoms with E-state index in [4.69, 9.17) is 10.5 Å². The van der Waals surface area contributed by atoms with Gasteiger partial charge in [0.1, 0.15) is 10.5 Å². The van der Waals surface area contributed by atoms with Crippen molar-refractivity contribution in [1.29, 1.82) is 0 Å². The first-order chi connectivity index (χ1) is 20.6. The summed E-state index contributed by atoms with van der Waals surface area (Å²) in [5.41, 5.74) is 7.14. The molecule has 42 heavy (non-hydrogen) atoms. The van der Waals surface area contributed by atoms with Crippen LogP contribution in [0.15, 0.2) is 11.4 Å². The van der Waals surface area contributed by atoms with Crippen LogP contribution in [0.5, 0.6) is 0 Å². The normalized spacial score (nSPS) is 14.5. The van der Waals surface area contributed by atoms with E-state index < -0.39 is 0 Å². The molecule has 0 amide bonds. The van der Waals surface area contributed by atoms with Gasteiger partial charge >= 0.3 is 0 Å². The molecule has 1 unspecified atom stereocenters. The number of aromatic nitrogens is 4. The van der Waals surface area contributed by atoms with E-state index in [0.717, 1.165) is 22.8 Å². The molecule has 1 aliphatic rings. The van der Waals surface area contributed by atoms with Crippen LogP contribution in [0, 0.1) is 0 Å². The number of ether oxygens (including phenoxy) is 1. The molecule has 1 aliphatic heterocycles. The number of epoxide rings is 1. The van der Waals surface area contributed by atoms with Gasteiger partial charge in [-0.25, -0.2) is 9.97 Å². The number of nitrogens with zero attached hydrogens (tertiary/aromatic N) is 5. The quantitative estimate of drug-likeness (QED) is 0.0523. The van der Waals surface area contributed by atoms with Crippen LogP contribution in [-0.4, -0.2) is 63.0 Å². The van der Waals surface area contributed by atoms with Crippen LogP contribution in [-0.2, 0) is 11.8 Å². The first-order valence-corrected chi connectivity index (χ1v) is 18.6. The van der Waals surface area contributed by atoms with E-state index in [1.807, 2.05) is 17.9 Å². The van der Waals surface area contributed by atoms with Gasteiger partial charge < -0.3 is 19.9 Å². The second-order valence-corrected chi connectivity index (χ2v) is 13.0. The number of nitrogen functional groups attached to an aromatic ring is 1. The third-order valence-corrected chi connectivity index (χ3v) is 8.93. The topological polar surface area (TPSA) is 85.4 Å². The van der Waals surface area contributed by atoms with Crippen LogP contribution in [0.25, 0.3) is 11.2 Å². The zero-order chi connectivity index (χ0) is 30.3. The zero-order valence-electron chi connectivity index (χ0n) is 27.8. The number of unbranched alkanes of at least 4 members (excludes halogenated alkanes) is 18. The summed E-state index contributed by atoms with van der Waals surface area (Å²) in [5.74, 6) is 0.292. The van der Waals surface area contributed by atoms with E-state index >= 15 is 0 Å². The summed E-state index contributed by atoms with van der Waals surface area (Å²) < 4.78 is 7.32. The number of thioether (sulfide) groups is 1. The van der Waals surface area contributed by atoms with E-state index in [1.165, 1.54) is 160 Å². The van der Waals surface area contributed by atoms with Crippen LogP contribution in [0.3, 0.4) is 0 Å². The van der Waals surface area contributed by atoms with Crippen molar-refractivity contribution in [2.45, 2.75) is 153 Å². The Labute approximate surface area is 262 Å². The molecule has 8 heteroatoms. The maximum absolute atomic E-state index is 5.55. The first kappa shape index (κ1) is 36.8. The summed E-state index contributed by atoms with van der Waals surface area (Å²) in [7, 11) is 1.88. The van der Waals surface area contributed by atoms with Gasteiger partial charge in [0.05, 0.1) is 19.0 Å². The fraction of sp³-hybridized carbons (Fsp3) is 0.853. The van der Waals surface area contributed by atoms with Crippen LogP contribution in [0.1, 0.15) is 142 Å². The van der Waals surface area contributed by atoms with Crippen LogP contribution >= 0.6 is 11.8 Å². The summed E-state index contributed by atoms with van der Waals surface area (Å²) in [6.07, 6.45) is 32.9. The first-order valence-electron chi connectivity index (χ1n) is 17.4. The Hall–Kier alpha value is -1.38. The predicted octanol–water partition coefficient (Wildman–Crippen LogP) is 9.20. The number of anilines is 1. The molecule has 3 heterocycles. The molecule has 242 valence electrons. The Bertz CT molecular complexity index is 895. The molecule has 2 aromatic rings. The minimum Gasteiger partial charge on any atom is -0.372 e. The highest BCUT2D eigenvalue weighted by Gasteiger charge is 2.24. The van der Waals surface area contributed by atoms with Gasteiger partial charge in [-0.2, -0.15) is 4.98 Å². The Morgan fingerprint density at radius 1 is 0.786 bits per heavy atom. The summed E-state index contributed by atoms with van der Waals surface area (Å²) in [5, 5.41) is 0.822. The van der Waals surface area contributed by atoms with Gasteiger partial charge in [0.15, 0.2) is 5.65 Å². The van der Waals surface area contributed by atoms with Crippen molar-refractivity contribution in [1.82, 2.24) is 24.4 Å². The summed E-state index contributed by atoms with van der Waals surface area (Å²) in [6.45, 7) is 9.40. The molecule has 0 saturated carbocycles.